The van der Waals surface area contributed by atoms with Gasteiger partial charge in [-0.2, -0.15) is 0 Å². The van der Waals surface area contributed by atoms with Gasteiger partial charge in [-0.05, 0) is 36.8 Å². The molecule has 0 aliphatic carbocycles. The van der Waals surface area contributed by atoms with Crippen LogP contribution in [0.5, 0.6) is 0 Å². The molecule has 1 aliphatic rings. The predicted octanol–water partition coefficient (Wildman–Crippen LogP) is 3.10. The molecule has 1 aromatic heterocycles. The summed E-state index contributed by atoms with van der Waals surface area (Å²) in [6.07, 6.45) is 7.94. The Morgan fingerprint density at radius 2 is 2.32 bits per heavy atom. The van der Waals surface area contributed by atoms with Crippen molar-refractivity contribution in [2.24, 2.45) is 10.4 Å². The van der Waals surface area contributed by atoms with E-state index in [2.05, 4.69) is 40.1 Å². The van der Waals surface area contributed by atoms with Crippen LogP contribution in [0.25, 0.3) is 0 Å². The van der Waals surface area contributed by atoms with Crippen molar-refractivity contribution in [2.75, 3.05) is 26.7 Å². The summed E-state index contributed by atoms with van der Waals surface area (Å²) in [5.41, 5.74) is 1.56. The number of hydrogen-bond donors (Lipinski definition) is 1. The van der Waals surface area contributed by atoms with Gasteiger partial charge in [-0.3, -0.25) is 9.98 Å². The normalized spacial score (nSPS) is 22.7. The van der Waals surface area contributed by atoms with Crippen LogP contribution in [-0.2, 0) is 6.42 Å². The Labute approximate surface area is 135 Å². The number of hydrogen-bond acceptors (Lipinski definition) is 2. The number of aromatic nitrogens is 1. The summed E-state index contributed by atoms with van der Waals surface area (Å²) >= 11 is 0. The van der Waals surface area contributed by atoms with Crippen LogP contribution in [-0.4, -0.2) is 42.5 Å². The maximum Gasteiger partial charge on any atom is 0.193 e. The quantitative estimate of drug-likeness (QED) is 0.671. The van der Waals surface area contributed by atoms with Gasteiger partial charge in [0.05, 0.1) is 0 Å². The first kappa shape index (κ1) is 16.8. The lowest BCUT2D eigenvalue weighted by Gasteiger charge is -2.42. The molecule has 1 fully saturated rings. The average molecular weight is 302 g/mol. The summed E-state index contributed by atoms with van der Waals surface area (Å²) in [6, 6.07) is 6.07. The molecule has 0 bridgehead atoms. The number of pyridine rings is 1. The molecule has 1 aliphatic heterocycles. The van der Waals surface area contributed by atoms with Crippen LogP contribution >= 0.6 is 0 Å². The summed E-state index contributed by atoms with van der Waals surface area (Å²) in [5, 5.41) is 3.50. The number of likely N-dealkylation sites (tertiary alicyclic amines) is 1. The van der Waals surface area contributed by atoms with E-state index >= 15 is 0 Å². The van der Waals surface area contributed by atoms with Crippen LogP contribution in [0.3, 0.4) is 0 Å². The average Bonchev–Trinajstić information content (AvgIpc) is 2.52. The molecule has 122 valence electrons. The number of nitrogens with one attached hydrogen (secondary N) is 1. The first-order valence-electron chi connectivity index (χ1n) is 8.52. The molecule has 1 unspecified atom stereocenters. The zero-order valence-corrected chi connectivity index (χ0v) is 14.3. The third-order valence-electron chi connectivity index (χ3n) is 4.54. The Morgan fingerprint density at radius 3 is 3.00 bits per heavy atom. The topological polar surface area (TPSA) is 40.5 Å². The van der Waals surface area contributed by atoms with E-state index in [4.69, 9.17) is 0 Å². The number of rotatable bonds is 5. The van der Waals surface area contributed by atoms with E-state index < -0.39 is 0 Å². The van der Waals surface area contributed by atoms with Crippen LogP contribution in [0.1, 0.15) is 45.2 Å². The predicted molar refractivity (Wildman–Crippen MR) is 93.1 cm³/mol. The van der Waals surface area contributed by atoms with E-state index in [1.807, 2.05) is 25.4 Å². The summed E-state index contributed by atoms with van der Waals surface area (Å²) in [4.78, 5) is 11.3. The molecule has 0 spiro atoms. The van der Waals surface area contributed by atoms with Gasteiger partial charge in [0.2, 0.25) is 0 Å². The third-order valence-corrected chi connectivity index (χ3v) is 4.54. The minimum Gasteiger partial charge on any atom is -0.356 e. The van der Waals surface area contributed by atoms with E-state index in [1.165, 1.54) is 25.7 Å². The van der Waals surface area contributed by atoms with Crippen molar-refractivity contribution < 1.29 is 0 Å². The molecule has 1 N–H and O–H groups in total. The number of aliphatic imine (C=N–C) groups is 1. The second kappa shape index (κ2) is 8.16. The molecule has 0 amide bonds. The van der Waals surface area contributed by atoms with E-state index in [1.54, 1.807) is 0 Å². The lowest BCUT2D eigenvalue weighted by molar-refractivity contribution is 0.142. The molecular formula is C18H30N4. The highest BCUT2D eigenvalue weighted by Crippen LogP contribution is 2.33. The first-order valence-corrected chi connectivity index (χ1v) is 8.52. The van der Waals surface area contributed by atoms with Gasteiger partial charge in [0.15, 0.2) is 5.96 Å². The van der Waals surface area contributed by atoms with Gasteiger partial charge in [0, 0.05) is 45.0 Å². The van der Waals surface area contributed by atoms with Crippen LogP contribution in [0, 0.1) is 5.41 Å². The minimum atomic E-state index is 0.436. The van der Waals surface area contributed by atoms with Crippen molar-refractivity contribution in [1.82, 2.24) is 15.2 Å². The molecule has 1 saturated heterocycles. The van der Waals surface area contributed by atoms with E-state index in [-0.39, 0.29) is 0 Å². The van der Waals surface area contributed by atoms with Gasteiger partial charge < -0.3 is 10.2 Å². The Bertz CT molecular complexity index is 467. The molecule has 22 heavy (non-hydrogen) atoms. The third kappa shape index (κ3) is 4.72. The van der Waals surface area contributed by atoms with Crippen LogP contribution < -0.4 is 5.32 Å². The Hall–Kier alpha value is -1.58. The van der Waals surface area contributed by atoms with E-state index in [9.17, 15) is 0 Å². The summed E-state index contributed by atoms with van der Waals surface area (Å²) in [5.74, 6) is 1.04. The number of piperidine rings is 1. The highest BCUT2D eigenvalue weighted by atomic mass is 15.3. The van der Waals surface area contributed by atoms with Crippen LogP contribution in [0.4, 0.5) is 0 Å². The van der Waals surface area contributed by atoms with Crippen molar-refractivity contribution in [1.29, 1.82) is 0 Å². The number of guanidine groups is 1. The molecule has 0 radical (unpaired) electrons. The lowest BCUT2D eigenvalue weighted by Crippen LogP contribution is -2.50. The zero-order chi connectivity index (χ0) is 15.8. The second-order valence-corrected chi connectivity index (χ2v) is 6.63. The molecule has 1 aromatic rings. The monoisotopic (exact) mass is 302 g/mol. The van der Waals surface area contributed by atoms with Crippen LogP contribution in [0.15, 0.2) is 29.4 Å². The molecular weight excluding hydrogens is 272 g/mol. The Morgan fingerprint density at radius 1 is 1.45 bits per heavy atom. The number of nitrogens with zero attached hydrogens (tertiary/aromatic N) is 3. The highest BCUT2D eigenvalue weighted by Gasteiger charge is 2.31. The van der Waals surface area contributed by atoms with Crippen LogP contribution in [0.2, 0.25) is 0 Å². The van der Waals surface area contributed by atoms with Crippen molar-refractivity contribution in [2.45, 2.75) is 46.0 Å². The molecule has 4 nitrogen and oxygen atoms in total. The molecule has 4 heteroatoms. The van der Waals surface area contributed by atoms with Gasteiger partial charge in [0.25, 0.3) is 0 Å². The Balaban J connectivity index is 1.86. The largest absolute Gasteiger partial charge is 0.356 e. The van der Waals surface area contributed by atoms with Gasteiger partial charge in [-0.25, -0.2) is 0 Å². The van der Waals surface area contributed by atoms with E-state index in [0.29, 0.717) is 5.41 Å². The molecule has 0 saturated carbocycles. The van der Waals surface area contributed by atoms with Gasteiger partial charge >= 0.3 is 0 Å². The standard InChI is InChI=1S/C18H30N4/c1-4-10-18(2)11-7-14-22(15-18)17(19-3)21-13-9-16-8-5-6-12-20-16/h5-6,8,12H,4,7,9-11,13-15H2,1-3H3,(H,19,21). The molecule has 0 aromatic carbocycles. The van der Waals surface area contributed by atoms with Crippen molar-refractivity contribution in [3.63, 3.8) is 0 Å². The molecule has 2 rings (SSSR count). The van der Waals surface area contributed by atoms with Crippen molar-refractivity contribution in [3.8, 4) is 0 Å². The highest BCUT2D eigenvalue weighted by molar-refractivity contribution is 5.80. The van der Waals surface area contributed by atoms with Gasteiger partial charge in [0.1, 0.15) is 0 Å². The first-order chi connectivity index (χ1) is 10.7. The lowest BCUT2D eigenvalue weighted by atomic mass is 9.78. The Kier molecular flexibility index (Phi) is 6.22. The SMILES string of the molecule is CCCC1(C)CCCN(C(=NC)NCCc2ccccn2)C1. The van der Waals surface area contributed by atoms with E-state index in [0.717, 1.165) is 37.7 Å². The fraction of sp³-hybridized carbons (Fsp3) is 0.667. The van der Waals surface area contributed by atoms with Gasteiger partial charge in [-0.15, -0.1) is 0 Å². The smallest absolute Gasteiger partial charge is 0.193 e. The fourth-order valence-corrected chi connectivity index (χ4v) is 3.48. The zero-order valence-electron chi connectivity index (χ0n) is 14.3. The fourth-order valence-electron chi connectivity index (χ4n) is 3.48. The van der Waals surface area contributed by atoms with Gasteiger partial charge in [-0.1, -0.05) is 26.3 Å². The summed E-state index contributed by atoms with van der Waals surface area (Å²) < 4.78 is 0. The molecule has 1 atom stereocenters. The van der Waals surface area contributed by atoms with Crippen molar-refractivity contribution in [3.05, 3.63) is 30.1 Å². The second-order valence-electron chi connectivity index (χ2n) is 6.63. The molecule has 2 heterocycles. The summed E-state index contributed by atoms with van der Waals surface area (Å²) in [7, 11) is 1.88. The summed E-state index contributed by atoms with van der Waals surface area (Å²) in [6.45, 7) is 7.81. The maximum absolute atomic E-state index is 4.48. The van der Waals surface area contributed by atoms with Crippen molar-refractivity contribution >= 4 is 5.96 Å². The minimum absolute atomic E-state index is 0.436. The maximum atomic E-state index is 4.48.